The van der Waals surface area contributed by atoms with Crippen LogP contribution >= 0.6 is 11.3 Å². The van der Waals surface area contributed by atoms with Crippen LogP contribution in [0, 0.1) is 5.92 Å². The van der Waals surface area contributed by atoms with Crippen molar-refractivity contribution in [2.75, 3.05) is 26.8 Å². The number of amides is 2. The lowest BCUT2D eigenvalue weighted by atomic mass is 9.81. The van der Waals surface area contributed by atoms with Crippen LogP contribution in [-0.2, 0) is 9.53 Å². The van der Waals surface area contributed by atoms with Crippen molar-refractivity contribution < 1.29 is 14.3 Å². The minimum atomic E-state index is -0.437. The number of carbonyl (C=O) groups excluding carboxylic acids is 2. The fraction of sp³-hybridized carbons (Fsp3) is 0.429. The molecule has 0 bridgehead atoms. The van der Waals surface area contributed by atoms with E-state index >= 15 is 0 Å². The third kappa shape index (κ3) is 4.06. The average molecular weight is 387 g/mol. The molecule has 2 atom stereocenters. The predicted octanol–water partition coefficient (Wildman–Crippen LogP) is 3.45. The van der Waals surface area contributed by atoms with Gasteiger partial charge in [-0.15, -0.1) is 11.3 Å². The van der Waals surface area contributed by atoms with Gasteiger partial charge in [-0.2, -0.15) is 0 Å². The second-order valence-corrected chi connectivity index (χ2v) is 8.14. The van der Waals surface area contributed by atoms with Gasteiger partial charge in [0.15, 0.2) is 0 Å². The summed E-state index contributed by atoms with van der Waals surface area (Å²) >= 11 is 1.59. The first-order valence-electron chi connectivity index (χ1n) is 9.24. The molecule has 0 radical (unpaired) electrons. The molecule has 0 aliphatic carbocycles. The molecule has 2 amide bonds. The van der Waals surface area contributed by atoms with Gasteiger partial charge in [0, 0.05) is 30.6 Å². The van der Waals surface area contributed by atoms with Crippen molar-refractivity contribution in [3.63, 3.8) is 0 Å². The predicted molar refractivity (Wildman–Crippen MR) is 107 cm³/mol. The second-order valence-electron chi connectivity index (χ2n) is 7.16. The molecule has 3 rings (SSSR count). The molecule has 5 nitrogen and oxygen atoms in total. The molecule has 0 fully saturated rings. The van der Waals surface area contributed by atoms with E-state index in [-0.39, 0.29) is 17.9 Å². The Bertz CT molecular complexity index is 788. The van der Waals surface area contributed by atoms with Gasteiger partial charge in [0.1, 0.15) is 0 Å². The van der Waals surface area contributed by atoms with E-state index in [0.29, 0.717) is 31.2 Å². The molecule has 27 heavy (non-hydrogen) atoms. The van der Waals surface area contributed by atoms with Gasteiger partial charge in [0.2, 0.25) is 5.91 Å². The minimum Gasteiger partial charge on any atom is -0.383 e. The summed E-state index contributed by atoms with van der Waals surface area (Å²) in [5, 5.41) is 4.97. The summed E-state index contributed by atoms with van der Waals surface area (Å²) in [5.74, 6) is -0.204. The molecule has 0 saturated heterocycles. The van der Waals surface area contributed by atoms with Crippen LogP contribution in [0.1, 0.15) is 46.6 Å². The van der Waals surface area contributed by atoms with Crippen molar-refractivity contribution in [3.05, 3.63) is 57.8 Å². The molecule has 6 heteroatoms. The van der Waals surface area contributed by atoms with Crippen molar-refractivity contribution in [2.24, 2.45) is 5.92 Å². The topological polar surface area (TPSA) is 58.6 Å². The first-order valence-corrected chi connectivity index (χ1v) is 10.1. The maximum atomic E-state index is 13.3. The Morgan fingerprint density at radius 2 is 2.04 bits per heavy atom. The van der Waals surface area contributed by atoms with E-state index in [4.69, 9.17) is 4.74 Å². The Labute approximate surface area is 164 Å². The Balaban J connectivity index is 2.08. The van der Waals surface area contributed by atoms with Crippen LogP contribution in [0.4, 0.5) is 0 Å². The summed E-state index contributed by atoms with van der Waals surface area (Å²) in [7, 11) is 1.61. The quantitative estimate of drug-likeness (QED) is 0.742. The fourth-order valence-electron chi connectivity index (χ4n) is 3.63. The number of carbonyl (C=O) groups is 2. The first-order chi connectivity index (χ1) is 13.0. The summed E-state index contributed by atoms with van der Waals surface area (Å²) in [4.78, 5) is 29.4. The minimum absolute atomic E-state index is 0.00126. The SMILES string of the molecule is COCCNC(=O)[C@H]1c2ccccc2C(=O)N(CC(C)C)[C@@H]1c1cccs1. The van der Waals surface area contributed by atoms with Gasteiger partial charge in [-0.05, 0) is 29.0 Å². The Morgan fingerprint density at radius 1 is 1.26 bits per heavy atom. The van der Waals surface area contributed by atoms with E-state index in [9.17, 15) is 9.59 Å². The van der Waals surface area contributed by atoms with Gasteiger partial charge >= 0.3 is 0 Å². The van der Waals surface area contributed by atoms with Gasteiger partial charge in [0.05, 0.1) is 18.6 Å². The first kappa shape index (κ1) is 19.6. The van der Waals surface area contributed by atoms with Crippen molar-refractivity contribution in [3.8, 4) is 0 Å². The number of ether oxygens (including phenoxy) is 1. The van der Waals surface area contributed by atoms with E-state index in [1.807, 2.05) is 46.7 Å². The van der Waals surface area contributed by atoms with Crippen molar-refractivity contribution in [1.29, 1.82) is 0 Å². The maximum absolute atomic E-state index is 13.3. The van der Waals surface area contributed by atoms with Crippen molar-refractivity contribution in [2.45, 2.75) is 25.8 Å². The normalized spacial score (nSPS) is 19.3. The van der Waals surface area contributed by atoms with Gasteiger partial charge < -0.3 is 15.0 Å². The van der Waals surface area contributed by atoms with Crippen molar-refractivity contribution in [1.82, 2.24) is 10.2 Å². The van der Waals surface area contributed by atoms with E-state index < -0.39 is 5.92 Å². The van der Waals surface area contributed by atoms with E-state index in [1.54, 1.807) is 18.4 Å². The van der Waals surface area contributed by atoms with E-state index in [1.165, 1.54) is 0 Å². The summed E-state index contributed by atoms with van der Waals surface area (Å²) in [5.41, 5.74) is 1.42. The van der Waals surface area contributed by atoms with Gasteiger partial charge in [0.25, 0.3) is 5.91 Å². The van der Waals surface area contributed by atoms with Crippen LogP contribution in [0.2, 0.25) is 0 Å². The van der Waals surface area contributed by atoms with Crippen LogP contribution in [0.3, 0.4) is 0 Å². The Hall–Kier alpha value is -2.18. The highest BCUT2D eigenvalue weighted by Gasteiger charge is 2.44. The average Bonchev–Trinajstić information content (AvgIpc) is 3.18. The Morgan fingerprint density at radius 3 is 2.70 bits per heavy atom. The zero-order chi connectivity index (χ0) is 19.4. The van der Waals surface area contributed by atoms with Crippen LogP contribution < -0.4 is 5.32 Å². The molecule has 144 valence electrons. The number of thiophene rings is 1. The number of nitrogens with zero attached hydrogens (tertiary/aromatic N) is 1. The number of benzene rings is 1. The highest BCUT2D eigenvalue weighted by Crippen LogP contribution is 2.44. The monoisotopic (exact) mass is 386 g/mol. The van der Waals surface area contributed by atoms with E-state index in [0.717, 1.165) is 10.4 Å². The summed E-state index contributed by atoms with van der Waals surface area (Å²) in [6.45, 7) is 5.69. The number of hydrogen-bond acceptors (Lipinski definition) is 4. The smallest absolute Gasteiger partial charge is 0.254 e. The number of hydrogen-bond donors (Lipinski definition) is 1. The molecular formula is C21H26N2O3S. The van der Waals surface area contributed by atoms with E-state index in [2.05, 4.69) is 19.2 Å². The molecule has 0 unspecified atom stereocenters. The van der Waals surface area contributed by atoms with Gasteiger partial charge in [-0.3, -0.25) is 9.59 Å². The molecule has 1 aromatic carbocycles. The fourth-order valence-corrected chi connectivity index (χ4v) is 4.51. The van der Waals surface area contributed by atoms with Crippen LogP contribution in [-0.4, -0.2) is 43.5 Å². The highest BCUT2D eigenvalue weighted by molar-refractivity contribution is 7.10. The second kappa shape index (κ2) is 8.67. The van der Waals surface area contributed by atoms with Crippen LogP contribution in [0.15, 0.2) is 41.8 Å². The Kier molecular flexibility index (Phi) is 6.29. The standard InChI is InChI=1S/C21H26N2O3S/c1-14(2)13-23-19(17-9-6-12-27-17)18(20(24)22-10-11-26-3)15-7-4-5-8-16(15)21(23)25/h4-9,12,14,18-19H,10-11,13H2,1-3H3,(H,22,24)/t18-,19+/m0/s1. The lowest BCUT2D eigenvalue weighted by Gasteiger charge is -2.42. The third-order valence-corrected chi connectivity index (χ3v) is 5.67. The molecule has 1 aliphatic heterocycles. The summed E-state index contributed by atoms with van der Waals surface area (Å²) in [6.07, 6.45) is 0. The van der Waals surface area contributed by atoms with Crippen LogP contribution in [0.25, 0.3) is 0 Å². The van der Waals surface area contributed by atoms with Crippen molar-refractivity contribution >= 4 is 23.2 Å². The summed E-state index contributed by atoms with van der Waals surface area (Å²) < 4.78 is 5.06. The molecule has 0 spiro atoms. The lowest BCUT2D eigenvalue weighted by Crippen LogP contribution is -2.48. The highest BCUT2D eigenvalue weighted by atomic mass is 32.1. The van der Waals surface area contributed by atoms with Gasteiger partial charge in [-0.1, -0.05) is 38.1 Å². The summed E-state index contributed by atoms with van der Waals surface area (Å²) in [6, 6.07) is 11.2. The number of rotatable bonds is 7. The lowest BCUT2D eigenvalue weighted by molar-refractivity contribution is -0.124. The molecule has 1 aliphatic rings. The number of methoxy groups -OCH3 is 1. The molecule has 1 N–H and O–H groups in total. The number of fused-ring (bicyclic) bond motifs is 1. The maximum Gasteiger partial charge on any atom is 0.254 e. The van der Waals surface area contributed by atoms with Crippen LogP contribution in [0.5, 0.6) is 0 Å². The molecule has 0 saturated carbocycles. The molecular weight excluding hydrogens is 360 g/mol. The van der Waals surface area contributed by atoms with Gasteiger partial charge in [-0.25, -0.2) is 0 Å². The zero-order valence-corrected chi connectivity index (χ0v) is 16.8. The number of nitrogens with one attached hydrogen (secondary N) is 1. The largest absolute Gasteiger partial charge is 0.383 e. The molecule has 2 aromatic rings. The zero-order valence-electron chi connectivity index (χ0n) is 16.0. The molecule has 1 aromatic heterocycles. The molecule has 2 heterocycles. The third-order valence-electron chi connectivity index (χ3n) is 4.72.